The SMILES string of the molecule is Cc1ccc(F)cc1C(=O)N1CCCC1CN. The van der Waals surface area contributed by atoms with Crippen LogP contribution >= 0.6 is 0 Å². The first-order valence-corrected chi connectivity index (χ1v) is 5.90. The highest BCUT2D eigenvalue weighted by atomic mass is 19.1. The van der Waals surface area contributed by atoms with Crippen molar-refractivity contribution < 1.29 is 9.18 Å². The molecule has 1 atom stereocenters. The minimum Gasteiger partial charge on any atom is -0.334 e. The number of nitrogens with two attached hydrogens (primary N) is 1. The Morgan fingerprint density at radius 2 is 2.35 bits per heavy atom. The molecule has 2 rings (SSSR count). The predicted molar refractivity (Wildman–Crippen MR) is 64.2 cm³/mol. The van der Waals surface area contributed by atoms with Crippen LogP contribution in [0.1, 0.15) is 28.8 Å². The predicted octanol–water partition coefficient (Wildman–Crippen LogP) is 1.70. The quantitative estimate of drug-likeness (QED) is 0.849. The van der Waals surface area contributed by atoms with Gasteiger partial charge in [-0.15, -0.1) is 0 Å². The monoisotopic (exact) mass is 236 g/mol. The van der Waals surface area contributed by atoms with Gasteiger partial charge in [-0.2, -0.15) is 0 Å². The van der Waals surface area contributed by atoms with Crippen LogP contribution in [-0.2, 0) is 0 Å². The molecule has 0 radical (unpaired) electrons. The summed E-state index contributed by atoms with van der Waals surface area (Å²) in [6.45, 7) is 3.01. The zero-order chi connectivity index (χ0) is 12.4. The summed E-state index contributed by atoms with van der Waals surface area (Å²) in [7, 11) is 0. The maximum absolute atomic E-state index is 13.2. The highest BCUT2D eigenvalue weighted by Crippen LogP contribution is 2.21. The molecule has 3 nitrogen and oxygen atoms in total. The van der Waals surface area contributed by atoms with Gasteiger partial charge in [-0.1, -0.05) is 6.07 Å². The summed E-state index contributed by atoms with van der Waals surface area (Å²) < 4.78 is 13.2. The summed E-state index contributed by atoms with van der Waals surface area (Å²) >= 11 is 0. The van der Waals surface area contributed by atoms with E-state index in [-0.39, 0.29) is 17.8 Å². The summed E-state index contributed by atoms with van der Waals surface area (Å²) in [5.41, 5.74) is 6.89. The smallest absolute Gasteiger partial charge is 0.254 e. The summed E-state index contributed by atoms with van der Waals surface area (Å²) in [6, 6.07) is 4.42. The topological polar surface area (TPSA) is 46.3 Å². The molecule has 0 bridgehead atoms. The Kier molecular flexibility index (Phi) is 3.43. The molecule has 2 N–H and O–H groups in total. The molecule has 17 heavy (non-hydrogen) atoms. The van der Waals surface area contributed by atoms with Gasteiger partial charge in [0.25, 0.3) is 5.91 Å². The number of rotatable bonds is 2. The number of likely N-dealkylation sites (tertiary alicyclic amines) is 1. The summed E-state index contributed by atoms with van der Waals surface area (Å²) in [4.78, 5) is 14.1. The number of amides is 1. The van der Waals surface area contributed by atoms with E-state index in [9.17, 15) is 9.18 Å². The fourth-order valence-corrected chi connectivity index (χ4v) is 2.33. The van der Waals surface area contributed by atoms with Gasteiger partial charge in [-0.3, -0.25) is 4.79 Å². The molecule has 1 aliphatic heterocycles. The second-order valence-electron chi connectivity index (χ2n) is 4.49. The number of hydrogen-bond donors (Lipinski definition) is 1. The maximum Gasteiger partial charge on any atom is 0.254 e. The molecule has 4 heteroatoms. The molecule has 1 amide bonds. The molecule has 1 aliphatic rings. The minimum absolute atomic E-state index is 0.102. The van der Waals surface area contributed by atoms with Crippen molar-refractivity contribution in [3.63, 3.8) is 0 Å². The van der Waals surface area contributed by atoms with Crippen LogP contribution in [0, 0.1) is 12.7 Å². The van der Waals surface area contributed by atoms with E-state index < -0.39 is 0 Å². The highest BCUT2D eigenvalue weighted by Gasteiger charge is 2.29. The second kappa shape index (κ2) is 4.84. The van der Waals surface area contributed by atoms with E-state index in [1.165, 1.54) is 12.1 Å². The normalized spacial score (nSPS) is 19.7. The zero-order valence-corrected chi connectivity index (χ0v) is 9.95. The molecule has 0 spiro atoms. The molecule has 0 saturated carbocycles. The average Bonchev–Trinajstić information content (AvgIpc) is 2.79. The number of aryl methyl sites for hydroxylation is 1. The first-order chi connectivity index (χ1) is 8.13. The number of carbonyl (C=O) groups is 1. The molecule has 92 valence electrons. The van der Waals surface area contributed by atoms with Crippen LogP contribution in [0.5, 0.6) is 0 Å². The summed E-state index contributed by atoms with van der Waals surface area (Å²) in [5.74, 6) is -0.475. The van der Waals surface area contributed by atoms with E-state index in [4.69, 9.17) is 5.73 Å². The fraction of sp³-hybridized carbons (Fsp3) is 0.462. The number of halogens is 1. The van der Waals surface area contributed by atoms with E-state index in [1.807, 2.05) is 6.92 Å². The number of nitrogens with zero attached hydrogens (tertiary/aromatic N) is 1. The number of hydrogen-bond acceptors (Lipinski definition) is 2. The Morgan fingerprint density at radius 3 is 3.06 bits per heavy atom. The molecule has 1 heterocycles. The molecule has 1 fully saturated rings. The van der Waals surface area contributed by atoms with Gasteiger partial charge in [0.1, 0.15) is 5.82 Å². The Morgan fingerprint density at radius 1 is 1.59 bits per heavy atom. The maximum atomic E-state index is 13.2. The van der Waals surface area contributed by atoms with Gasteiger partial charge >= 0.3 is 0 Å². The molecular weight excluding hydrogens is 219 g/mol. The molecule has 0 aromatic heterocycles. The highest BCUT2D eigenvalue weighted by molar-refractivity contribution is 5.96. The lowest BCUT2D eigenvalue weighted by Gasteiger charge is -2.24. The van der Waals surface area contributed by atoms with Gasteiger partial charge in [-0.25, -0.2) is 4.39 Å². The van der Waals surface area contributed by atoms with Crippen LogP contribution in [0.15, 0.2) is 18.2 Å². The lowest BCUT2D eigenvalue weighted by Crippen LogP contribution is -2.40. The van der Waals surface area contributed by atoms with Gasteiger partial charge in [0.2, 0.25) is 0 Å². The summed E-state index contributed by atoms with van der Waals surface area (Å²) in [5, 5.41) is 0. The Balaban J connectivity index is 2.27. The van der Waals surface area contributed by atoms with Crippen molar-refractivity contribution in [2.24, 2.45) is 5.73 Å². The van der Waals surface area contributed by atoms with Gasteiger partial charge in [0.15, 0.2) is 0 Å². The van der Waals surface area contributed by atoms with Crippen LogP contribution in [0.4, 0.5) is 4.39 Å². The van der Waals surface area contributed by atoms with Gasteiger partial charge in [0, 0.05) is 24.7 Å². The lowest BCUT2D eigenvalue weighted by atomic mass is 10.1. The van der Waals surface area contributed by atoms with Crippen molar-refractivity contribution in [2.75, 3.05) is 13.1 Å². The Labute approximate surface area is 100 Å². The second-order valence-corrected chi connectivity index (χ2v) is 4.49. The van der Waals surface area contributed by atoms with Crippen molar-refractivity contribution in [1.82, 2.24) is 4.90 Å². The third-order valence-electron chi connectivity index (χ3n) is 3.34. The van der Waals surface area contributed by atoms with Gasteiger partial charge < -0.3 is 10.6 Å². The molecule has 1 aromatic rings. The Hall–Kier alpha value is -1.42. The van der Waals surface area contributed by atoms with Crippen molar-refractivity contribution in [3.05, 3.63) is 35.1 Å². The molecule has 1 unspecified atom stereocenters. The largest absolute Gasteiger partial charge is 0.334 e. The first-order valence-electron chi connectivity index (χ1n) is 5.90. The fourth-order valence-electron chi connectivity index (χ4n) is 2.33. The minimum atomic E-state index is -0.373. The van der Waals surface area contributed by atoms with Gasteiger partial charge in [-0.05, 0) is 37.5 Å². The van der Waals surface area contributed by atoms with Crippen molar-refractivity contribution in [2.45, 2.75) is 25.8 Å². The van der Waals surface area contributed by atoms with Crippen LogP contribution in [0.2, 0.25) is 0 Å². The number of benzene rings is 1. The van der Waals surface area contributed by atoms with E-state index in [0.717, 1.165) is 24.9 Å². The van der Waals surface area contributed by atoms with Crippen LogP contribution in [0.3, 0.4) is 0 Å². The van der Waals surface area contributed by atoms with Crippen molar-refractivity contribution in [1.29, 1.82) is 0 Å². The molecule has 0 aliphatic carbocycles. The van der Waals surface area contributed by atoms with Crippen LogP contribution in [-0.4, -0.2) is 29.9 Å². The third kappa shape index (κ3) is 2.31. The third-order valence-corrected chi connectivity index (χ3v) is 3.34. The van der Waals surface area contributed by atoms with E-state index in [1.54, 1.807) is 11.0 Å². The summed E-state index contributed by atoms with van der Waals surface area (Å²) in [6.07, 6.45) is 1.92. The Bertz CT molecular complexity index is 433. The van der Waals surface area contributed by atoms with E-state index in [0.29, 0.717) is 12.1 Å². The standard InChI is InChI=1S/C13H17FN2O/c1-9-4-5-10(14)7-12(9)13(17)16-6-2-3-11(16)8-15/h4-5,7,11H,2-3,6,8,15H2,1H3. The zero-order valence-electron chi connectivity index (χ0n) is 9.95. The average molecular weight is 236 g/mol. The molecular formula is C13H17FN2O. The molecule has 1 aromatic carbocycles. The molecule has 1 saturated heterocycles. The van der Waals surface area contributed by atoms with E-state index >= 15 is 0 Å². The first kappa shape index (κ1) is 12.0. The lowest BCUT2D eigenvalue weighted by molar-refractivity contribution is 0.0740. The van der Waals surface area contributed by atoms with Gasteiger partial charge in [0.05, 0.1) is 0 Å². The van der Waals surface area contributed by atoms with Crippen molar-refractivity contribution in [3.8, 4) is 0 Å². The number of carbonyl (C=O) groups excluding carboxylic acids is 1. The van der Waals surface area contributed by atoms with E-state index in [2.05, 4.69) is 0 Å². The van der Waals surface area contributed by atoms with Crippen LogP contribution in [0.25, 0.3) is 0 Å². The van der Waals surface area contributed by atoms with Crippen LogP contribution < -0.4 is 5.73 Å². The van der Waals surface area contributed by atoms with Crippen molar-refractivity contribution >= 4 is 5.91 Å².